The third-order valence-corrected chi connectivity index (χ3v) is 2.37. The molecule has 1 N–H and O–H groups in total. The van der Waals surface area contributed by atoms with Crippen molar-refractivity contribution < 1.29 is 13.5 Å². The fourth-order valence-electron chi connectivity index (χ4n) is 1.65. The maximum absolute atomic E-state index is 13.3. The molecule has 1 aromatic rings. The van der Waals surface area contributed by atoms with Gasteiger partial charge in [0.05, 0.1) is 17.9 Å². The van der Waals surface area contributed by atoms with Crippen LogP contribution in [0.3, 0.4) is 0 Å². The Hall–Kier alpha value is -1.32. The molecular weight excluding hydrogens is 200 g/mol. The van der Waals surface area contributed by atoms with Crippen molar-refractivity contribution in [1.82, 2.24) is 0 Å². The molecule has 15 heavy (non-hydrogen) atoms. The number of ether oxygens (including phenoxy) is 1. The van der Waals surface area contributed by atoms with Crippen LogP contribution in [0.15, 0.2) is 18.2 Å². The maximum Gasteiger partial charge on any atom is 0.274 e. The number of rotatable bonds is 1. The standard InChI is InChI=1S/C11H13F2NO/c1-11(12,13)8-4-2-5-9-10(8)15-7-3-6-14-9/h2,4-5,14H,3,6-7H2,1H3. The monoisotopic (exact) mass is 213 g/mol. The molecule has 0 aromatic heterocycles. The fourth-order valence-corrected chi connectivity index (χ4v) is 1.65. The van der Waals surface area contributed by atoms with Crippen molar-refractivity contribution in [2.45, 2.75) is 19.3 Å². The van der Waals surface area contributed by atoms with E-state index in [1.54, 1.807) is 12.1 Å². The molecule has 1 heterocycles. The molecule has 1 aliphatic rings. The lowest BCUT2D eigenvalue weighted by Crippen LogP contribution is -2.10. The fraction of sp³-hybridized carbons (Fsp3) is 0.455. The Morgan fingerprint density at radius 3 is 2.93 bits per heavy atom. The zero-order valence-electron chi connectivity index (χ0n) is 8.52. The van der Waals surface area contributed by atoms with E-state index in [9.17, 15) is 8.78 Å². The number of fused-ring (bicyclic) bond motifs is 1. The van der Waals surface area contributed by atoms with Gasteiger partial charge in [-0.15, -0.1) is 0 Å². The number of hydrogen-bond donors (Lipinski definition) is 1. The number of benzene rings is 1. The summed E-state index contributed by atoms with van der Waals surface area (Å²) in [6.07, 6.45) is 0.823. The van der Waals surface area contributed by atoms with Gasteiger partial charge in [-0.25, -0.2) is 8.78 Å². The van der Waals surface area contributed by atoms with E-state index in [1.807, 2.05) is 0 Å². The van der Waals surface area contributed by atoms with E-state index in [4.69, 9.17) is 4.74 Å². The quantitative estimate of drug-likeness (QED) is 0.774. The second kappa shape index (κ2) is 3.68. The van der Waals surface area contributed by atoms with Gasteiger partial charge in [-0.05, 0) is 18.6 Å². The van der Waals surface area contributed by atoms with Crippen LogP contribution in [-0.4, -0.2) is 13.2 Å². The Labute approximate surface area is 87.2 Å². The number of alkyl halides is 2. The molecule has 0 bridgehead atoms. The van der Waals surface area contributed by atoms with Crippen LogP contribution in [0.1, 0.15) is 18.9 Å². The molecule has 4 heteroatoms. The number of halogens is 2. The molecule has 0 aliphatic carbocycles. The largest absolute Gasteiger partial charge is 0.491 e. The van der Waals surface area contributed by atoms with Gasteiger partial charge in [-0.3, -0.25) is 0 Å². The van der Waals surface area contributed by atoms with Gasteiger partial charge in [0.2, 0.25) is 0 Å². The number of anilines is 1. The van der Waals surface area contributed by atoms with Gasteiger partial charge in [-0.1, -0.05) is 6.07 Å². The summed E-state index contributed by atoms with van der Waals surface area (Å²) in [5, 5.41) is 3.08. The lowest BCUT2D eigenvalue weighted by molar-refractivity contribution is 0.0147. The van der Waals surface area contributed by atoms with E-state index >= 15 is 0 Å². The Morgan fingerprint density at radius 2 is 2.20 bits per heavy atom. The minimum Gasteiger partial charge on any atom is -0.491 e. The SMILES string of the molecule is CC(F)(F)c1cccc2c1OCCCN2. The molecule has 0 atom stereocenters. The van der Waals surface area contributed by atoms with Gasteiger partial charge in [-0.2, -0.15) is 0 Å². The molecule has 0 amide bonds. The van der Waals surface area contributed by atoms with Crippen molar-refractivity contribution in [1.29, 1.82) is 0 Å². The highest BCUT2D eigenvalue weighted by Gasteiger charge is 2.30. The molecule has 82 valence electrons. The van der Waals surface area contributed by atoms with Gasteiger partial charge >= 0.3 is 0 Å². The van der Waals surface area contributed by atoms with Crippen LogP contribution >= 0.6 is 0 Å². The molecule has 1 aromatic carbocycles. The summed E-state index contributed by atoms with van der Waals surface area (Å²) >= 11 is 0. The van der Waals surface area contributed by atoms with E-state index in [-0.39, 0.29) is 5.56 Å². The number of hydrogen-bond acceptors (Lipinski definition) is 2. The average Bonchev–Trinajstić information content (AvgIpc) is 2.39. The van der Waals surface area contributed by atoms with Gasteiger partial charge in [0, 0.05) is 13.5 Å². The molecule has 0 saturated heterocycles. The van der Waals surface area contributed by atoms with Gasteiger partial charge < -0.3 is 10.1 Å². The first-order valence-corrected chi connectivity index (χ1v) is 4.97. The van der Waals surface area contributed by atoms with Gasteiger partial charge in [0.25, 0.3) is 5.92 Å². The van der Waals surface area contributed by atoms with Crippen molar-refractivity contribution in [3.05, 3.63) is 23.8 Å². The van der Waals surface area contributed by atoms with E-state index < -0.39 is 5.92 Å². The van der Waals surface area contributed by atoms with Gasteiger partial charge in [0.15, 0.2) is 5.75 Å². The normalized spacial score (nSPS) is 15.9. The molecule has 0 saturated carbocycles. The summed E-state index contributed by atoms with van der Waals surface area (Å²) in [4.78, 5) is 0. The molecule has 0 fully saturated rings. The second-order valence-corrected chi connectivity index (χ2v) is 3.70. The summed E-state index contributed by atoms with van der Waals surface area (Å²) in [5.74, 6) is -2.57. The van der Waals surface area contributed by atoms with Crippen LogP contribution in [0.2, 0.25) is 0 Å². The second-order valence-electron chi connectivity index (χ2n) is 3.70. The van der Waals surface area contributed by atoms with Crippen LogP contribution in [0.25, 0.3) is 0 Å². The van der Waals surface area contributed by atoms with E-state index in [0.29, 0.717) is 18.0 Å². The minimum atomic E-state index is -2.86. The summed E-state index contributed by atoms with van der Waals surface area (Å²) in [6.45, 7) is 2.12. The van der Waals surface area contributed by atoms with Crippen molar-refractivity contribution >= 4 is 5.69 Å². The van der Waals surface area contributed by atoms with Crippen molar-refractivity contribution in [2.24, 2.45) is 0 Å². The highest BCUT2D eigenvalue weighted by atomic mass is 19.3. The Kier molecular flexibility index (Phi) is 2.50. The third kappa shape index (κ3) is 2.03. The molecule has 0 unspecified atom stereocenters. The summed E-state index contributed by atoms with van der Waals surface area (Å²) in [7, 11) is 0. The molecule has 2 nitrogen and oxygen atoms in total. The lowest BCUT2D eigenvalue weighted by Gasteiger charge is -2.17. The number of para-hydroxylation sites is 1. The van der Waals surface area contributed by atoms with E-state index in [1.165, 1.54) is 6.07 Å². The summed E-state index contributed by atoms with van der Waals surface area (Å²) < 4.78 is 31.9. The lowest BCUT2D eigenvalue weighted by atomic mass is 10.1. The maximum atomic E-state index is 13.3. The molecule has 0 radical (unpaired) electrons. The first kappa shape index (κ1) is 10.2. The summed E-state index contributed by atoms with van der Waals surface area (Å²) in [6, 6.07) is 4.79. The highest BCUT2D eigenvalue weighted by Crippen LogP contribution is 2.39. The molecule has 2 rings (SSSR count). The first-order valence-electron chi connectivity index (χ1n) is 4.97. The van der Waals surface area contributed by atoms with Crippen LogP contribution in [-0.2, 0) is 5.92 Å². The van der Waals surface area contributed by atoms with Crippen molar-refractivity contribution in [2.75, 3.05) is 18.5 Å². The van der Waals surface area contributed by atoms with E-state index in [0.717, 1.165) is 19.9 Å². The third-order valence-electron chi connectivity index (χ3n) is 2.37. The minimum absolute atomic E-state index is 0.0469. The van der Waals surface area contributed by atoms with Crippen molar-refractivity contribution in [3.8, 4) is 5.75 Å². The Balaban J connectivity index is 2.48. The highest BCUT2D eigenvalue weighted by molar-refractivity contribution is 5.61. The average molecular weight is 213 g/mol. The van der Waals surface area contributed by atoms with Crippen LogP contribution < -0.4 is 10.1 Å². The van der Waals surface area contributed by atoms with Crippen LogP contribution in [0.5, 0.6) is 5.75 Å². The Morgan fingerprint density at radius 1 is 1.40 bits per heavy atom. The zero-order valence-corrected chi connectivity index (χ0v) is 8.52. The summed E-state index contributed by atoms with van der Waals surface area (Å²) in [5.41, 5.74) is 0.612. The predicted molar refractivity (Wildman–Crippen MR) is 54.6 cm³/mol. The molecular formula is C11H13F2NO. The smallest absolute Gasteiger partial charge is 0.274 e. The van der Waals surface area contributed by atoms with Crippen LogP contribution in [0, 0.1) is 0 Å². The van der Waals surface area contributed by atoms with Crippen LogP contribution in [0.4, 0.5) is 14.5 Å². The number of nitrogens with one attached hydrogen (secondary N) is 1. The first-order chi connectivity index (χ1) is 7.09. The zero-order chi connectivity index (χ0) is 10.9. The Bertz CT molecular complexity index is 360. The van der Waals surface area contributed by atoms with Gasteiger partial charge in [0.1, 0.15) is 0 Å². The molecule has 1 aliphatic heterocycles. The molecule has 0 spiro atoms. The van der Waals surface area contributed by atoms with E-state index in [2.05, 4.69) is 5.32 Å². The predicted octanol–water partition coefficient (Wildman–Crippen LogP) is 2.99. The topological polar surface area (TPSA) is 21.3 Å². The van der Waals surface area contributed by atoms with Crippen molar-refractivity contribution in [3.63, 3.8) is 0 Å².